The highest BCUT2D eigenvalue weighted by molar-refractivity contribution is 7.89. The van der Waals surface area contributed by atoms with Crippen molar-refractivity contribution < 1.29 is 8.42 Å². The number of sulfonamides is 1. The van der Waals surface area contributed by atoms with Gasteiger partial charge in [-0.05, 0) is 13.3 Å². The lowest BCUT2D eigenvalue weighted by Gasteiger charge is -2.13. The zero-order valence-electron chi connectivity index (χ0n) is 11.9. The summed E-state index contributed by atoms with van der Waals surface area (Å²) in [6, 6.07) is 0. The van der Waals surface area contributed by atoms with E-state index in [0.717, 1.165) is 0 Å². The van der Waals surface area contributed by atoms with Gasteiger partial charge in [0.1, 0.15) is 0 Å². The standard InChI is InChI=1S/C10H21N7O2S/c1-4-12-8-14-9(16-10(15-8)17(2)3)13-6-5-7-20(11,18)19/h4-7H2,1-3H3,(H2,11,18,19)(H2,12,13,14,15,16). The van der Waals surface area contributed by atoms with Crippen molar-refractivity contribution in [3.63, 3.8) is 0 Å². The fraction of sp³-hybridized carbons (Fsp3) is 0.700. The second-order valence-corrected chi connectivity index (χ2v) is 6.09. The minimum Gasteiger partial charge on any atom is -0.354 e. The van der Waals surface area contributed by atoms with Crippen LogP contribution in [0.4, 0.5) is 17.8 Å². The second kappa shape index (κ2) is 7.20. The summed E-state index contributed by atoms with van der Waals surface area (Å²) in [4.78, 5) is 14.4. The molecule has 10 heteroatoms. The van der Waals surface area contributed by atoms with Gasteiger partial charge in [0.2, 0.25) is 27.9 Å². The zero-order valence-corrected chi connectivity index (χ0v) is 12.7. The summed E-state index contributed by atoms with van der Waals surface area (Å²) < 4.78 is 21.6. The van der Waals surface area contributed by atoms with Gasteiger partial charge in [0.15, 0.2) is 0 Å². The van der Waals surface area contributed by atoms with Gasteiger partial charge < -0.3 is 15.5 Å². The predicted molar refractivity (Wildman–Crippen MR) is 79.4 cm³/mol. The maximum atomic E-state index is 10.8. The van der Waals surface area contributed by atoms with Crippen molar-refractivity contribution in [2.24, 2.45) is 5.14 Å². The first-order valence-corrected chi connectivity index (χ1v) is 7.95. The first kappa shape index (κ1) is 16.4. The Balaban J connectivity index is 2.68. The topological polar surface area (TPSA) is 126 Å². The first-order chi connectivity index (χ1) is 9.31. The molecule has 0 radical (unpaired) electrons. The van der Waals surface area contributed by atoms with E-state index in [1.165, 1.54) is 0 Å². The van der Waals surface area contributed by atoms with Crippen LogP contribution in [-0.4, -0.2) is 56.3 Å². The van der Waals surface area contributed by atoms with Gasteiger partial charge in [0.25, 0.3) is 0 Å². The van der Waals surface area contributed by atoms with E-state index in [1.807, 2.05) is 21.0 Å². The molecule has 0 unspecified atom stereocenters. The van der Waals surface area contributed by atoms with Crippen LogP contribution in [0.2, 0.25) is 0 Å². The molecular weight excluding hydrogens is 282 g/mol. The summed E-state index contributed by atoms with van der Waals surface area (Å²) in [5, 5.41) is 10.9. The molecule has 1 rings (SSSR count). The average molecular weight is 303 g/mol. The summed E-state index contributed by atoms with van der Waals surface area (Å²) in [6.45, 7) is 3.05. The minimum atomic E-state index is -3.43. The number of anilines is 3. The van der Waals surface area contributed by atoms with E-state index in [1.54, 1.807) is 4.90 Å². The van der Waals surface area contributed by atoms with Gasteiger partial charge in [-0.1, -0.05) is 0 Å². The molecule has 0 saturated heterocycles. The van der Waals surface area contributed by atoms with Crippen LogP contribution in [0.3, 0.4) is 0 Å². The van der Waals surface area contributed by atoms with Gasteiger partial charge in [-0.3, -0.25) is 0 Å². The molecule has 0 aliphatic heterocycles. The molecular formula is C10H21N7O2S. The number of rotatable bonds is 8. The molecule has 0 saturated carbocycles. The van der Waals surface area contributed by atoms with Crippen molar-refractivity contribution in [1.29, 1.82) is 0 Å². The van der Waals surface area contributed by atoms with E-state index >= 15 is 0 Å². The van der Waals surface area contributed by atoms with E-state index in [2.05, 4.69) is 25.6 Å². The monoisotopic (exact) mass is 303 g/mol. The fourth-order valence-corrected chi connectivity index (χ4v) is 1.90. The van der Waals surface area contributed by atoms with Crippen LogP contribution in [0.15, 0.2) is 0 Å². The maximum Gasteiger partial charge on any atom is 0.231 e. The van der Waals surface area contributed by atoms with Gasteiger partial charge >= 0.3 is 0 Å². The lowest BCUT2D eigenvalue weighted by Crippen LogP contribution is -2.20. The molecule has 4 N–H and O–H groups in total. The number of hydrogen-bond donors (Lipinski definition) is 3. The van der Waals surface area contributed by atoms with Crippen molar-refractivity contribution in [3.8, 4) is 0 Å². The number of primary sulfonamides is 1. The average Bonchev–Trinajstić information content (AvgIpc) is 2.33. The van der Waals surface area contributed by atoms with E-state index in [9.17, 15) is 8.42 Å². The number of nitrogens with zero attached hydrogens (tertiary/aromatic N) is 4. The number of nitrogens with two attached hydrogens (primary N) is 1. The summed E-state index contributed by atoms with van der Waals surface area (Å²) in [5.74, 6) is 1.31. The van der Waals surface area contributed by atoms with Gasteiger partial charge in [0, 0.05) is 27.2 Å². The van der Waals surface area contributed by atoms with Crippen LogP contribution in [0.5, 0.6) is 0 Å². The van der Waals surface area contributed by atoms with Crippen LogP contribution in [0, 0.1) is 0 Å². The molecule has 0 aromatic carbocycles. The Morgan fingerprint density at radius 3 is 2.25 bits per heavy atom. The van der Waals surface area contributed by atoms with E-state index in [4.69, 9.17) is 5.14 Å². The molecule has 9 nitrogen and oxygen atoms in total. The number of aromatic nitrogens is 3. The van der Waals surface area contributed by atoms with Gasteiger partial charge in [-0.25, -0.2) is 13.6 Å². The molecule has 0 fully saturated rings. The van der Waals surface area contributed by atoms with Crippen molar-refractivity contribution in [2.75, 3.05) is 48.5 Å². The Morgan fingerprint density at radius 2 is 1.75 bits per heavy atom. The molecule has 1 aromatic heterocycles. The number of hydrogen-bond acceptors (Lipinski definition) is 8. The van der Waals surface area contributed by atoms with Crippen LogP contribution >= 0.6 is 0 Å². The molecule has 0 atom stereocenters. The highest BCUT2D eigenvalue weighted by atomic mass is 32.2. The Kier molecular flexibility index (Phi) is 5.89. The van der Waals surface area contributed by atoms with Crippen molar-refractivity contribution >= 4 is 27.9 Å². The van der Waals surface area contributed by atoms with Crippen LogP contribution in [0.25, 0.3) is 0 Å². The summed E-state index contributed by atoms with van der Waals surface area (Å²) >= 11 is 0. The summed E-state index contributed by atoms with van der Waals surface area (Å²) in [5.41, 5.74) is 0. The van der Waals surface area contributed by atoms with Gasteiger partial charge in [0.05, 0.1) is 5.75 Å². The molecule has 0 aliphatic rings. The maximum absolute atomic E-state index is 10.8. The second-order valence-electron chi connectivity index (χ2n) is 4.35. The van der Waals surface area contributed by atoms with E-state index in [0.29, 0.717) is 37.4 Å². The molecule has 0 amide bonds. The molecule has 1 aromatic rings. The van der Waals surface area contributed by atoms with Crippen LogP contribution in [-0.2, 0) is 10.0 Å². The Hall–Kier alpha value is -1.68. The molecule has 0 bridgehead atoms. The normalized spacial score (nSPS) is 11.2. The lowest BCUT2D eigenvalue weighted by molar-refractivity contribution is 0.595. The summed E-state index contributed by atoms with van der Waals surface area (Å²) in [7, 11) is 0.228. The SMILES string of the molecule is CCNc1nc(NCCCS(N)(=O)=O)nc(N(C)C)n1. The molecule has 1 heterocycles. The summed E-state index contributed by atoms with van der Waals surface area (Å²) in [6.07, 6.45) is 0.387. The van der Waals surface area contributed by atoms with Crippen molar-refractivity contribution in [2.45, 2.75) is 13.3 Å². The molecule has 114 valence electrons. The van der Waals surface area contributed by atoms with Gasteiger partial charge in [-0.15, -0.1) is 0 Å². The molecule has 20 heavy (non-hydrogen) atoms. The molecule has 0 aliphatic carbocycles. The third kappa shape index (κ3) is 5.97. The van der Waals surface area contributed by atoms with Crippen LogP contribution < -0.4 is 20.7 Å². The third-order valence-corrected chi connectivity index (χ3v) is 3.10. The Labute approximate surface area is 119 Å². The zero-order chi connectivity index (χ0) is 15.2. The first-order valence-electron chi connectivity index (χ1n) is 6.23. The largest absolute Gasteiger partial charge is 0.354 e. The number of nitrogens with one attached hydrogen (secondary N) is 2. The highest BCUT2D eigenvalue weighted by Crippen LogP contribution is 2.11. The van der Waals surface area contributed by atoms with E-state index in [-0.39, 0.29) is 5.75 Å². The van der Waals surface area contributed by atoms with E-state index < -0.39 is 10.0 Å². The smallest absolute Gasteiger partial charge is 0.231 e. The van der Waals surface area contributed by atoms with Crippen molar-refractivity contribution in [1.82, 2.24) is 15.0 Å². The highest BCUT2D eigenvalue weighted by Gasteiger charge is 2.08. The predicted octanol–water partition coefficient (Wildman–Crippen LogP) is -0.540. The minimum absolute atomic E-state index is 0.0777. The fourth-order valence-electron chi connectivity index (χ4n) is 1.35. The Bertz CT molecular complexity index is 532. The third-order valence-electron chi connectivity index (χ3n) is 2.25. The lowest BCUT2D eigenvalue weighted by atomic mass is 10.5. The molecule has 0 spiro atoms. The van der Waals surface area contributed by atoms with Crippen LogP contribution in [0.1, 0.15) is 13.3 Å². The van der Waals surface area contributed by atoms with Crippen molar-refractivity contribution in [3.05, 3.63) is 0 Å². The van der Waals surface area contributed by atoms with Gasteiger partial charge in [-0.2, -0.15) is 15.0 Å². The quantitative estimate of drug-likeness (QED) is 0.547. The Morgan fingerprint density at radius 1 is 1.15 bits per heavy atom.